The summed E-state index contributed by atoms with van der Waals surface area (Å²) in [6.07, 6.45) is 2.60. The smallest absolute Gasteiger partial charge is 0.173 e. The number of hydrogen-bond acceptors (Lipinski definition) is 2. The topological polar surface area (TPSA) is 17.8 Å². The number of imidazole rings is 1. The van der Waals surface area contributed by atoms with Crippen molar-refractivity contribution < 1.29 is 13.2 Å². The van der Waals surface area contributed by atoms with E-state index in [4.69, 9.17) is 16.6 Å². The standard InChI is InChI=1S/C28H24ClF3N2S/c1-17-15-18(8-13-23(17)31)28(2)14-4-7-25-26(28)34(20-11-9-19(30)10-12-20)27(33-25)35-16-21-22(29)5-3-6-24(21)32/h3,5-6,8-13,15H,4,7,14,16H2,1-2H3. The van der Waals surface area contributed by atoms with Gasteiger partial charge in [0.05, 0.1) is 11.4 Å². The maximum absolute atomic E-state index is 14.5. The van der Waals surface area contributed by atoms with E-state index < -0.39 is 5.41 Å². The first-order valence-corrected chi connectivity index (χ1v) is 12.8. The van der Waals surface area contributed by atoms with E-state index in [9.17, 15) is 13.2 Å². The second-order valence-corrected chi connectivity index (χ2v) is 10.5. The number of thioether (sulfide) groups is 1. The number of benzene rings is 3. The fourth-order valence-corrected chi connectivity index (χ4v) is 6.29. The van der Waals surface area contributed by atoms with Gasteiger partial charge in [0, 0.05) is 27.4 Å². The van der Waals surface area contributed by atoms with Crippen LogP contribution in [0.25, 0.3) is 5.69 Å². The van der Waals surface area contributed by atoms with Gasteiger partial charge in [-0.2, -0.15) is 0 Å². The van der Waals surface area contributed by atoms with Crippen molar-refractivity contribution in [1.29, 1.82) is 0 Å². The maximum Gasteiger partial charge on any atom is 0.173 e. The highest BCUT2D eigenvalue weighted by atomic mass is 35.5. The summed E-state index contributed by atoms with van der Waals surface area (Å²) < 4.78 is 44.4. The molecule has 3 aromatic carbocycles. The number of nitrogens with zero attached hydrogens (tertiary/aromatic N) is 2. The largest absolute Gasteiger partial charge is 0.291 e. The summed E-state index contributed by atoms with van der Waals surface area (Å²) in [5.41, 5.74) is 4.32. The highest BCUT2D eigenvalue weighted by molar-refractivity contribution is 7.98. The minimum absolute atomic E-state index is 0.238. The van der Waals surface area contributed by atoms with Crippen LogP contribution in [0.5, 0.6) is 0 Å². The van der Waals surface area contributed by atoms with Crippen LogP contribution in [0, 0.1) is 24.4 Å². The van der Waals surface area contributed by atoms with Crippen LogP contribution in [0.4, 0.5) is 13.2 Å². The number of hydrogen-bond donors (Lipinski definition) is 0. The summed E-state index contributed by atoms with van der Waals surface area (Å²) in [5, 5.41) is 1.06. The van der Waals surface area contributed by atoms with Gasteiger partial charge < -0.3 is 0 Å². The molecule has 0 aliphatic heterocycles. The molecule has 1 aliphatic rings. The van der Waals surface area contributed by atoms with E-state index >= 15 is 0 Å². The number of fused-ring (bicyclic) bond motifs is 1. The van der Waals surface area contributed by atoms with E-state index in [1.165, 1.54) is 36.0 Å². The molecule has 0 saturated carbocycles. The molecule has 0 N–H and O–H groups in total. The van der Waals surface area contributed by atoms with Crippen LogP contribution < -0.4 is 0 Å². The lowest BCUT2D eigenvalue weighted by Gasteiger charge is -2.36. The third kappa shape index (κ3) is 4.38. The molecule has 35 heavy (non-hydrogen) atoms. The molecular formula is C28H24ClF3N2S. The number of halogens is 4. The molecule has 180 valence electrons. The van der Waals surface area contributed by atoms with Crippen molar-refractivity contribution in [1.82, 2.24) is 9.55 Å². The highest BCUT2D eigenvalue weighted by Crippen LogP contribution is 2.46. The first-order valence-electron chi connectivity index (χ1n) is 11.5. The van der Waals surface area contributed by atoms with E-state index in [1.807, 2.05) is 16.7 Å². The van der Waals surface area contributed by atoms with Crippen molar-refractivity contribution in [2.75, 3.05) is 0 Å². The van der Waals surface area contributed by atoms with Gasteiger partial charge in [-0.1, -0.05) is 41.6 Å². The molecule has 7 heteroatoms. The van der Waals surface area contributed by atoms with E-state index in [0.717, 1.165) is 41.9 Å². The Morgan fingerprint density at radius 3 is 2.51 bits per heavy atom. The molecule has 0 bridgehead atoms. The molecular weight excluding hydrogens is 489 g/mol. The predicted octanol–water partition coefficient (Wildman–Crippen LogP) is 8.19. The lowest BCUT2D eigenvalue weighted by Crippen LogP contribution is -2.31. The second kappa shape index (κ2) is 9.40. The van der Waals surface area contributed by atoms with Crippen LogP contribution in [-0.2, 0) is 17.6 Å². The second-order valence-electron chi connectivity index (χ2n) is 9.14. The zero-order valence-electron chi connectivity index (χ0n) is 19.4. The highest BCUT2D eigenvalue weighted by Gasteiger charge is 2.39. The summed E-state index contributed by atoms with van der Waals surface area (Å²) in [5.74, 6) is -0.624. The average molecular weight is 513 g/mol. The van der Waals surface area contributed by atoms with Gasteiger partial charge in [-0.3, -0.25) is 4.57 Å². The summed E-state index contributed by atoms with van der Waals surface area (Å²) >= 11 is 7.67. The van der Waals surface area contributed by atoms with Gasteiger partial charge in [0.1, 0.15) is 17.5 Å². The van der Waals surface area contributed by atoms with E-state index in [0.29, 0.717) is 27.1 Å². The van der Waals surface area contributed by atoms with Crippen molar-refractivity contribution in [3.05, 3.63) is 111 Å². The fourth-order valence-electron chi connectivity index (χ4n) is 4.91. The minimum atomic E-state index is -0.429. The van der Waals surface area contributed by atoms with E-state index in [1.54, 1.807) is 31.2 Å². The summed E-state index contributed by atoms with van der Waals surface area (Å²) in [6, 6.07) is 16.2. The lowest BCUT2D eigenvalue weighted by molar-refractivity contribution is 0.441. The Kier molecular flexibility index (Phi) is 6.45. The van der Waals surface area contributed by atoms with Gasteiger partial charge >= 0.3 is 0 Å². The van der Waals surface area contributed by atoms with E-state index in [-0.39, 0.29) is 17.5 Å². The van der Waals surface area contributed by atoms with Crippen LogP contribution in [0.2, 0.25) is 5.02 Å². The van der Waals surface area contributed by atoms with E-state index in [2.05, 4.69) is 6.92 Å². The SMILES string of the molecule is Cc1cc(C2(C)CCCc3nc(SCc4c(F)cccc4Cl)n(-c4ccc(F)cc4)c32)ccc1F. The molecule has 2 nitrogen and oxygen atoms in total. The predicted molar refractivity (Wildman–Crippen MR) is 135 cm³/mol. The van der Waals surface area contributed by atoms with Gasteiger partial charge in [0.25, 0.3) is 0 Å². The monoisotopic (exact) mass is 512 g/mol. The molecule has 1 unspecified atom stereocenters. The molecule has 1 aromatic heterocycles. The lowest BCUT2D eigenvalue weighted by atomic mass is 9.71. The Labute approximate surface area is 212 Å². The molecule has 0 fully saturated rings. The third-order valence-electron chi connectivity index (χ3n) is 6.82. The van der Waals surface area contributed by atoms with Crippen molar-refractivity contribution in [3.8, 4) is 5.69 Å². The van der Waals surface area contributed by atoms with Crippen LogP contribution in [0.3, 0.4) is 0 Å². The Hall–Kier alpha value is -2.70. The van der Waals surface area contributed by atoms with Crippen molar-refractivity contribution in [2.24, 2.45) is 0 Å². The quantitative estimate of drug-likeness (QED) is 0.251. The van der Waals surface area contributed by atoms with Crippen LogP contribution >= 0.6 is 23.4 Å². The molecule has 1 atom stereocenters. The van der Waals surface area contributed by atoms with Crippen LogP contribution in [0.1, 0.15) is 47.8 Å². The maximum atomic E-state index is 14.5. The van der Waals surface area contributed by atoms with Gasteiger partial charge in [0.15, 0.2) is 5.16 Å². The third-order valence-corrected chi connectivity index (χ3v) is 8.14. The molecule has 4 aromatic rings. The Bertz CT molecular complexity index is 1380. The van der Waals surface area contributed by atoms with Crippen LogP contribution in [-0.4, -0.2) is 9.55 Å². The number of aryl methyl sites for hydroxylation is 2. The summed E-state index contributed by atoms with van der Waals surface area (Å²) in [6.45, 7) is 3.92. The van der Waals surface area contributed by atoms with Gasteiger partial charge in [-0.15, -0.1) is 0 Å². The number of aromatic nitrogens is 2. The zero-order chi connectivity index (χ0) is 24.7. The first kappa shape index (κ1) is 24.0. The molecule has 0 amide bonds. The normalized spacial score (nSPS) is 17.4. The van der Waals surface area contributed by atoms with Crippen molar-refractivity contribution >= 4 is 23.4 Å². The van der Waals surface area contributed by atoms with Gasteiger partial charge in [0.2, 0.25) is 0 Å². The molecule has 1 heterocycles. The summed E-state index contributed by atoms with van der Waals surface area (Å²) in [7, 11) is 0. The van der Waals surface area contributed by atoms with Gasteiger partial charge in [-0.05, 0) is 86.7 Å². The van der Waals surface area contributed by atoms with Crippen LogP contribution in [0.15, 0.2) is 65.8 Å². The number of rotatable bonds is 5. The van der Waals surface area contributed by atoms with Crippen molar-refractivity contribution in [2.45, 2.75) is 49.4 Å². The fraction of sp³-hybridized carbons (Fsp3) is 0.250. The Balaban J connectivity index is 1.67. The molecule has 5 rings (SSSR count). The average Bonchev–Trinajstić information content (AvgIpc) is 3.21. The van der Waals surface area contributed by atoms with Gasteiger partial charge in [-0.25, -0.2) is 18.2 Å². The first-order chi connectivity index (χ1) is 16.8. The van der Waals surface area contributed by atoms with Crippen molar-refractivity contribution in [3.63, 3.8) is 0 Å². The minimum Gasteiger partial charge on any atom is -0.291 e. The Morgan fingerprint density at radius 2 is 1.80 bits per heavy atom. The molecule has 1 aliphatic carbocycles. The Morgan fingerprint density at radius 1 is 1.03 bits per heavy atom. The molecule has 0 spiro atoms. The zero-order valence-corrected chi connectivity index (χ0v) is 21.0. The molecule has 0 saturated heterocycles. The molecule has 0 radical (unpaired) electrons. The summed E-state index contributed by atoms with van der Waals surface area (Å²) in [4.78, 5) is 4.98.